The Balaban J connectivity index is 2.50. The molecule has 0 saturated carbocycles. The van der Waals surface area contributed by atoms with Crippen LogP contribution in [-0.2, 0) is 6.54 Å². The van der Waals surface area contributed by atoms with Crippen molar-refractivity contribution in [2.75, 3.05) is 0 Å². The summed E-state index contributed by atoms with van der Waals surface area (Å²) in [4.78, 5) is 3.96. The van der Waals surface area contributed by atoms with Gasteiger partial charge < -0.3 is 0 Å². The maximum atomic E-state index is 12.8. The first-order valence-corrected chi connectivity index (χ1v) is 4.98. The van der Waals surface area contributed by atoms with Crippen molar-refractivity contribution in [2.45, 2.75) is 19.1 Å². The lowest BCUT2D eigenvalue weighted by Gasteiger charge is -2.10. The molecule has 0 aliphatic rings. The standard InChI is InChI=1S/C9H10F2N3P/c1-6-2-12-4-8-7(6)3-13-14(8)5-9(10,11)15/h2-4H,5,15H2,1H3. The lowest BCUT2D eigenvalue weighted by Crippen LogP contribution is -2.16. The molecular formula is C9H10F2N3P. The maximum Gasteiger partial charge on any atom is 0.278 e. The third kappa shape index (κ3) is 2.12. The van der Waals surface area contributed by atoms with Gasteiger partial charge in [0.25, 0.3) is 5.66 Å². The zero-order valence-electron chi connectivity index (χ0n) is 8.11. The van der Waals surface area contributed by atoms with E-state index in [1.807, 2.05) is 6.92 Å². The average Bonchev–Trinajstić information content (AvgIpc) is 2.48. The van der Waals surface area contributed by atoms with E-state index in [1.165, 1.54) is 13.9 Å². The number of aryl methyl sites for hydroxylation is 1. The summed E-state index contributed by atoms with van der Waals surface area (Å²) in [5, 5.41) is 4.79. The second kappa shape index (κ2) is 3.49. The molecule has 0 saturated heterocycles. The molecule has 6 heteroatoms. The number of pyridine rings is 1. The van der Waals surface area contributed by atoms with E-state index in [1.54, 1.807) is 18.6 Å². The van der Waals surface area contributed by atoms with E-state index in [0.29, 0.717) is 5.52 Å². The Bertz CT molecular complexity index is 490. The Hall–Kier alpha value is -1.09. The van der Waals surface area contributed by atoms with E-state index in [9.17, 15) is 8.78 Å². The monoisotopic (exact) mass is 229 g/mol. The Morgan fingerprint density at radius 1 is 1.40 bits per heavy atom. The largest absolute Gasteiger partial charge is 0.278 e. The summed E-state index contributed by atoms with van der Waals surface area (Å²) in [6.45, 7) is 1.42. The van der Waals surface area contributed by atoms with Crippen molar-refractivity contribution in [1.82, 2.24) is 14.8 Å². The number of nitrogens with zero attached hydrogens (tertiary/aromatic N) is 3. The Labute approximate surface area is 87.7 Å². The van der Waals surface area contributed by atoms with E-state index in [-0.39, 0.29) is 0 Å². The van der Waals surface area contributed by atoms with Crippen LogP contribution in [0.2, 0.25) is 0 Å². The maximum absolute atomic E-state index is 12.8. The van der Waals surface area contributed by atoms with E-state index in [0.717, 1.165) is 10.9 Å². The Kier molecular flexibility index (Phi) is 2.43. The minimum absolute atomic E-state index is 0.452. The fourth-order valence-corrected chi connectivity index (χ4v) is 1.62. The van der Waals surface area contributed by atoms with Crippen LogP contribution < -0.4 is 0 Å². The second-order valence-electron chi connectivity index (χ2n) is 3.45. The number of hydrogen-bond acceptors (Lipinski definition) is 2. The first-order chi connectivity index (χ1) is 6.97. The van der Waals surface area contributed by atoms with Gasteiger partial charge in [0.15, 0.2) is 0 Å². The molecule has 2 aromatic heterocycles. The molecule has 0 radical (unpaired) electrons. The van der Waals surface area contributed by atoms with Gasteiger partial charge in [0, 0.05) is 11.6 Å². The van der Waals surface area contributed by atoms with Gasteiger partial charge in [-0.15, -0.1) is 0 Å². The zero-order valence-corrected chi connectivity index (χ0v) is 9.27. The highest BCUT2D eigenvalue weighted by Gasteiger charge is 2.23. The van der Waals surface area contributed by atoms with Crippen LogP contribution in [0.1, 0.15) is 5.56 Å². The average molecular weight is 229 g/mol. The van der Waals surface area contributed by atoms with Crippen molar-refractivity contribution >= 4 is 20.1 Å². The zero-order chi connectivity index (χ0) is 11.1. The fourth-order valence-electron chi connectivity index (χ4n) is 1.45. The number of aromatic nitrogens is 3. The molecule has 2 aromatic rings. The number of hydrogen-bond donors (Lipinski definition) is 0. The van der Waals surface area contributed by atoms with Gasteiger partial charge in [-0.1, -0.05) is 9.24 Å². The van der Waals surface area contributed by atoms with Gasteiger partial charge in [-0.2, -0.15) is 5.10 Å². The lowest BCUT2D eigenvalue weighted by molar-refractivity contribution is 0.0812. The third-order valence-electron chi connectivity index (χ3n) is 2.13. The van der Waals surface area contributed by atoms with E-state index in [2.05, 4.69) is 10.1 Å². The van der Waals surface area contributed by atoms with E-state index in [4.69, 9.17) is 0 Å². The lowest BCUT2D eigenvalue weighted by atomic mass is 10.2. The molecule has 0 fully saturated rings. The van der Waals surface area contributed by atoms with E-state index < -0.39 is 12.2 Å². The van der Waals surface area contributed by atoms with Crippen LogP contribution in [0.15, 0.2) is 18.6 Å². The van der Waals surface area contributed by atoms with Crippen molar-refractivity contribution in [3.05, 3.63) is 24.2 Å². The smallest absolute Gasteiger partial charge is 0.262 e. The Morgan fingerprint density at radius 2 is 2.13 bits per heavy atom. The molecular weight excluding hydrogens is 219 g/mol. The van der Waals surface area contributed by atoms with Crippen molar-refractivity contribution in [3.8, 4) is 0 Å². The molecule has 0 bridgehead atoms. The molecule has 15 heavy (non-hydrogen) atoms. The highest BCUT2D eigenvalue weighted by molar-refractivity contribution is 7.18. The molecule has 0 aliphatic heterocycles. The normalized spacial score (nSPS) is 12.3. The van der Waals surface area contributed by atoms with Crippen molar-refractivity contribution in [3.63, 3.8) is 0 Å². The van der Waals surface area contributed by atoms with E-state index >= 15 is 0 Å². The summed E-state index contributed by atoms with van der Waals surface area (Å²) in [6, 6.07) is 0. The summed E-state index contributed by atoms with van der Waals surface area (Å²) in [6.07, 6.45) is 4.82. The number of alkyl halides is 2. The van der Waals surface area contributed by atoms with Gasteiger partial charge in [0.05, 0.1) is 17.9 Å². The molecule has 0 spiro atoms. The van der Waals surface area contributed by atoms with Gasteiger partial charge in [-0.05, 0) is 12.5 Å². The fraction of sp³-hybridized carbons (Fsp3) is 0.333. The van der Waals surface area contributed by atoms with Crippen LogP contribution in [0.25, 0.3) is 10.9 Å². The molecule has 1 unspecified atom stereocenters. The second-order valence-corrected chi connectivity index (χ2v) is 4.30. The summed E-state index contributed by atoms with van der Waals surface area (Å²) in [5.41, 5.74) is -1.27. The van der Waals surface area contributed by atoms with Crippen LogP contribution in [0, 0.1) is 6.92 Å². The first-order valence-electron chi connectivity index (χ1n) is 4.40. The van der Waals surface area contributed by atoms with Gasteiger partial charge >= 0.3 is 0 Å². The predicted octanol–water partition coefficient (Wildman–Crippen LogP) is 2.21. The molecule has 1 atom stereocenters. The molecule has 0 amide bonds. The SMILES string of the molecule is Cc1cncc2c1cnn2CC(F)(F)P. The highest BCUT2D eigenvalue weighted by atomic mass is 31.0. The predicted molar refractivity (Wildman–Crippen MR) is 56.9 cm³/mol. The van der Waals surface area contributed by atoms with Gasteiger partial charge in [-0.25, -0.2) is 8.78 Å². The number of halogens is 2. The van der Waals surface area contributed by atoms with Gasteiger partial charge in [0.2, 0.25) is 0 Å². The highest BCUT2D eigenvalue weighted by Crippen LogP contribution is 2.26. The summed E-state index contributed by atoms with van der Waals surface area (Å²) in [5.74, 6) is 0. The third-order valence-corrected chi connectivity index (χ3v) is 2.31. The van der Waals surface area contributed by atoms with Crippen LogP contribution in [-0.4, -0.2) is 20.4 Å². The topological polar surface area (TPSA) is 30.7 Å². The van der Waals surface area contributed by atoms with Crippen LogP contribution in [0.4, 0.5) is 8.78 Å². The first kappa shape index (κ1) is 10.4. The molecule has 2 heterocycles. The van der Waals surface area contributed by atoms with Gasteiger partial charge in [0.1, 0.15) is 6.54 Å². The van der Waals surface area contributed by atoms with Crippen molar-refractivity contribution in [1.29, 1.82) is 0 Å². The molecule has 2 rings (SSSR count). The summed E-state index contributed by atoms with van der Waals surface area (Å²) in [7, 11) is 1.51. The molecule has 0 aromatic carbocycles. The van der Waals surface area contributed by atoms with Crippen molar-refractivity contribution in [2.24, 2.45) is 0 Å². The molecule has 3 nitrogen and oxygen atoms in total. The van der Waals surface area contributed by atoms with Crippen LogP contribution in [0.5, 0.6) is 0 Å². The van der Waals surface area contributed by atoms with Crippen LogP contribution >= 0.6 is 9.24 Å². The minimum Gasteiger partial charge on any atom is -0.262 e. The molecule has 0 N–H and O–H groups in total. The summed E-state index contributed by atoms with van der Waals surface area (Å²) < 4.78 is 26.9. The quantitative estimate of drug-likeness (QED) is 0.739. The molecule has 80 valence electrons. The van der Waals surface area contributed by atoms with Crippen LogP contribution in [0.3, 0.4) is 0 Å². The van der Waals surface area contributed by atoms with Crippen molar-refractivity contribution < 1.29 is 8.78 Å². The summed E-state index contributed by atoms with van der Waals surface area (Å²) >= 11 is 0. The Morgan fingerprint density at radius 3 is 2.80 bits per heavy atom. The number of fused-ring (bicyclic) bond motifs is 1. The minimum atomic E-state index is -2.84. The number of rotatable bonds is 2. The van der Waals surface area contributed by atoms with Gasteiger partial charge in [-0.3, -0.25) is 9.67 Å². The molecule has 0 aliphatic carbocycles.